The molecule has 0 aliphatic carbocycles. The Bertz CT molecular complexity index is 1060. The average molecular weight is 492 g/mol. The third-order valence-corrected chi connectivity index (χ3v) is 6.20. The molecule has 0 spiro atoms. The standard InChI is InChI=1S/C24H27F3N4O4/c1-23(28-10-11-29-23)16-34-22-7-4-19(15-21(22)31(32)33)30-12-8-18(9-13-30)14-17-2-5-20(6-3-17)35-24(25,26)27/h2-7,10-11,15,18,28-29H,8-9,12-14,16H2,1H3. The molecule has 8 nitrogen and oxygen atoms in total. The number of hydrogen-bond donors (Lipinski definition) is 2. The summed E-state index contributed by atoms with van der Waals surface area (Å²) in [6.45, 7) is 3.56. The molecule has 2 aliphatic rings. The first-order valence-corrected chi connectivity index (χ1v) is 11.3. The maximum Gasteiger partial charge on any atom is 0.573 e. The molecule has 0 atom stereocenters. The van der Waals surface area contributed by atoms with Gasteiger partial charge in [-0.15, -0.1) is 13.2 Å². The van der Waals surface area contributed by atoms with Crippen molar-refractivity contribution >= 4 is 11.4 Å². The molecule has 2 heterocycles. The fraction of sp³-hybridized carbons (Fsp3) is 0.417. The van der Waals surface area contributed by atoms with Gasteiger partial charge >= 0.3 is 12.0 Å². The molecule has 35 heavy (non-hydrogen) atoms. The van der Waals surface area contributed by atoms with E-state index in [9.17, 15) is 23.3 Å². The maximum absolute atomic E-state index is 12.3. The molecule has 1 fully saturated rings. The number of hydrogen-bond acceptors (Lipinski definition) is 7. The Balaban J connectivity index is 1.33. The van der Waals surface area contributed by atoms with Crippen LogP contribution < -0.4 is 25.0 Å². The van der Waals surface area contributed by atoms with Gasteiger partial charge in [0.2, 0.25) is 0 Å². The lowest BCUT2D eigenvalue weighted by Gasteiger charge is -2.33. The first-order chi connectivity index (χ1) is 16.6. The van der Waals surface area contributed by atoms with Crippen molar-refractivity contribution in [2.45, 2.75) is 38.2 Å². The van der Waals surface area contributed by atoms with Crippen LogP contribution in [0.3, 0.4) is 0 Å². The van der Waals surface area contributed by atoms with Crippen molar-refractivity contribution in [2.24, 2.45) is 5.92 Å². The molecule has 188 valence electrons. The van der Waals surface area contributed by atoms with Crippen LogP contribution in [-0.2, 0) is 6.42 Å². The molecule has 0 unspecified atom stereocenters. The third-order valence-electron chi connectivity index (χ3n) is 6.20. The lowest BCUT2D eigenvalue weighted by atomic mass is 9.90. The zero-order chi connectivity index (χ0) is 25.1. The molecule has 0 saturated carbocycles. The normalized spacial score (nSPS) is 17.5. The van der Waals surface area contributed by atoms with E-state index in [1.165, 1.54) is 12.1 Å². The van der Waals surface area contributed by atoms with Gasteiger partial charge in [-0.1, -0.05) is 12.1 Å². The highest BCUT2D eigenvalue weighted by atomic mass is 19.4. The SMILES string of the molecule is CC1(COc2ccc(N3CCC(Cc4ccc(OC(F)(F)F)cc4)CC3)cc2[N+](=O)[O-])NC=CN1. The van der Waals surface area contributed by atoms with Crippen molar-refractivity contribution in [3.05, 3.63) is 70.5 Å². The number of nitro groups is 1. The highest BCUT2D eigenvalue weighted by molar-refractivity contribution is 5.60. The van der Waals surface area contributed by atoms with Crippen LogP contribution in [0.2, 0.25) is 0 Å². The van der Waals surface area contributed by atoms with E-state index in [0.29, 0.717) is 5.92 Å². The van der Waals surface area contributed by atoms with Crippen LogP contribution in [0.1, 0.15) is 25.3 Å². The summed E-state index contributed by atoms with van der Waals surface area (Å²) < 4.78 is 46.6. The molecule has 4 rings (SSSR count). The molecule has 2 N–H and O–H groups in total. The predicted octanol–water partition coefficient (Wildman–Crippen LogP) is 4.71. The molecule has 0 bridgehead atoms. The summed E-state index contributed by atoms with van der Waals surface area (Å²) in [5.74, 6) is 0.355. The van der Waals surface area contributed by atoms with Gasteiger partial charge in [-0.05, 0) is 61.9 Å². The van der Waals surface area contributed by atoms with Crippen LogP contribution in [0.5, 0.6) is 11.5 Å². The largest absolute Gasteiger partial charge is 0.573 e. The third kappa shape index (κ3) is 6.49. The van der Waals surface area contributed by atoms with Crippen molar-refractivity contribution in [3.63, 3.8) is 0 Å². The van der Waals surface area contributed by atoms with Crippen LogP contribution >= 0.6 is 0 Å². The van der Waals surface area contributed by atoms with E-state index in [1.54, 1.807) is 36.7 Å². The molecule has 2 aromatic rings. The van der Waals surface area contributed by atoms with Gasteiger partial charge in [0.1, 0.15) is 18.0 Å². The number of ether oxygens (including phenoxy) is 2. The Kier molecular flexibility index (Phi) is 6.95. The van der Waals surface area contributed by atoms with Gasteiger partial charge in [0.25, 0.3) is 0 Å². The summed E-state index contributed by atoms with van der Waals surface area (Å²) >= 11 is 0. The smallest absolute Gasteiger partial charge is 0.482 e. The van der Waals surface area contributed by atoms with Crippen LogP contribution in [0.15, 0.2) is 54.9 Å². The van der Waals surface area contributed by atoms with Crippen molar-refractivity contribution < 1.29 is 27.6 Å². The first-order valence-electron chi connectivity index (χ1n) is 11.3. The first kappa shape index (κ1) is 24.5. The highest BCUT2D eigenvalue weighted by Crippen LogP contribution is 2.34. The molecular weight excluding hydrogens is 465 g/mol. The van der Waals surface area contributed by atoms with Crippen LogP contribution in [-0.4, -0.2) is 36.6 Å². The number of rotatable bonds is 8. The second-order valence-electron chi connectivity index (χ2n) is 8.98. The molecule has 11 heteroatoms. The quantitative estimate of drug-likeness (QED) is 0.408. The van der Waals surface area contributed by atoms with E-state index >= 15 is 0 Å². The van der Waals surface area contributed by atoms with Crippen LogP contribution in [0, 0.1) is 16.0 Å². The summed E-state index contributed by atoms with van der Waals surface area (Å²) in [7, 11) is 0. The topological polar surface area (TPSA) is 88.9 Å². The Morgan fingerprint density at radius 1 is 1.11 bits per heavy atom. The summed E-state index contributed by atoms with van der Waals surface area (Å²) in [6.07, 6.45) is 1.30. The van der Waals surface area contributed by atoms with Gasteiger partial charge < -0.3 is 25.0 Å². The van der Waals surface area contributed by atoms with Crippen molar-refractivity contribution in [3.8, 4) is 11.5 Å². The highest BCUT2D eigenvalue weighted by Gasteiger charge is 2.31. The summed E-state index contributed by atoms with van der Waals surface area (Å²) in [6, 6.07) is 11.0. The number of anilines is 1. The molecule has 2 aliphatic heterocycles. The van der Waals surface area contributed by atoms with E-state index in [0.717, 1.165) is 43.6 Å². The molecule has 0 amide bonds. The number of nitrogens with zero attached hydrogens (tertiary/aromatic N) is 2. The van der Waals surface area contributed by atoms with Crippen LogP contribution in [0.4, 0.5) is 24.5 Å². The fourth-order valence-electron chi connectivity index (χ4n) is 4.32. The number of halogens is 3. The molecule has 1 saturated heterocycles. The molecule has 2 aromatic carbocycles. The lowest BCUT2D eigenvalue weighted by molar-refractivity contribution is -0.385. The Morgan fingerprint density at radius 3 is 2.37 bits per heavy atom. The van der Waals surface area contributed by atoms with Gasteiger partial charge in [-0.25, -0.2) is 0 Å². The minimum Gasteiger partial charge on any atom is -0.482 e. The van der Waals surface area contributed by atoms with Gasteiger partial charge in [0, 0.05) is 37.2 Å². The molecule has 0 radical (unpaired) electrons. The number of nitrogens with one attached hydrogen (secondary N) is 2. The minimum absolute atomic E-state index is 0.0830. The minimum atomic E-state index is -4.70. The van der Waals surface area contributed by atoms with Gasteiger partial charge in [0.15, 0.2) is 5.75 Å². The van der Waals surface area contributed by atoms with Gasteiger partial charge in [-0.3, -0.25) is 10.1 Å². The summed E-state index contributed by atoms with van der Waals surface area (Å²) in [4.78, 5) is 13.4. The Hall–Kier alpha value is -3.63. The molecular formula is C24H27F3N4O4. The Labute approximate surface area is 200 Å². The zero-order valence-corrected chi connectivity index (χ0v) is 19.2. The second-order valence-corrected chi connectivity index (χ2v) is 8.98. The maximum atomic E-state index is 12.3. The van der Waals surface area contributed by atoms with Gasteiger partial charge in [-0.2, -0.15) is 0 Å². The number of nitro benzene ring substituents is 1. The Morgan fingerprint density at radius 2 is 1.77 bits per heavy atom. The molecule has 0 aromatic heterocycles. The van der Waals surface area contributed by atoms with Crippen LogP contribution in [0.25, 0.3) is 0 Å². The monoisotopic (exact) mass is 492 g/mol. The summed E-state index contributed by atoms with van der Waals surface area (Å²) in [5, 5.41) is 17.9. The fourth-order valence-corrected chi connectivity index (χ4v) is 4.32. The van der Waals surface area contributed by atoms with Crippen molar-refractivity contribution in [1.29, 1.82) is 0 Å². The number of alkyl halides is 3. The predicted molar refractivity (Wildman–Crippen MR) is 124 cm³/mol. The zero-order valence-electron chi connectivity index (χ0n) is 19.2. The number of piperidine rings is 1. The van der Waals surface area contributed by atoms with E-state index < -0.39 is 16.9 Å². The number of benzene rings is 2. The second kappa shape index (κ2) is 9.93. The van der Waals surface area contributed by atoms with E-state index in [4.69, 9.17) is 4.74 Å². The van der Waals surface area contributed by atoms with E-state index in [-0.39, 0.29) is 23.8 Å². The van der Waals surface area contributed by atoms with Gasteiger partial charge in [0.05, 0.1) is 4.92 Å². The lowest BCUT2D eigenvalue weighted by Crippen LogP contribution is -2.50. The average Bonchev–Trinajstić information content (AvgIpc) is 3.25. The van der Waals surface area contributed by atoms with Crippen molar-refractivity contribution in [1.82, 2.24) is 10.6 Å². The summed E-state index contributed by atoms with van der Waals surface area (Å²) in [5.41, 5.74) is 1.10. The van der Waals surface area contributed by atoms with E-state index in [2.05, 4.69) is 20.3 Å². The van der Waals surface area contributed by atoms with E-state index in [1.807, 2.05) is 13.0 Å². The van der Waals surface area contributed by atoms with Crippen molar-refractivity contribution in [2.75, 3.05) is 24.6 Å².